The van der Waals surface area contributed by atoms with E-state index in [-0.39, 0.29) is 0 Å². The smallest absolute Gasteiger partial charge is 0.0146 e. The van der Waals surface area contributed by atoms with Crippen molar-refractivity contribution in [1.82, 2.24) is 0 Å². The van der Waals surface area contributed by atoms with Gasteiger partial charge in [-0.15, -0.1) is 0 Å². The maximum absolute atomic E-state index is 3.73. The molecule has 2 atom stereocenters. The molecule has 0 radical (unpaired) electrons. The van der Waals surface area contributed by atoms with E-state index in [2.05, 4.69) is 29.8 Å². The molecule has 0 aromatic rings. The van der Waals surface area contributed by atoms with Crippen molar-refractivity contribution in [1.29, 1.82) is 0 Å². The van der Waals surface area contributed by atoms with Gasteiger partial charge in [0.2, 0.25) is 0 Å². The summed E-state index contributed by atoms with van der Waals surface area (Å²) in [6, 6.07) is 0. The Kier molecular flexibility index (Phi) is 3.91. The van der Waals surface area contributed by atoms with Crippen LogP contribution in [0, 0.1) is 11.8 Å². The van der Waals surface area contributed by atoms with E-state index < -0.39 is 0 Å². The summed E-state index contributed by atoms with van der Waals surface area (Å²) in [7, 11) is 0. The van der Waals surface area contributed by atoms with Crippen molar-refractivity contribution in [3.8, 4) is 0 Å². The van der Waals surface area contributed by atoms with Crippen molar-refractivity contribution in [2.24, 2.45) is 11.8 Å². The molecule has 0 aliphatic heterocycles. The van der Waals surface area contributed by atoms with Crippen molar-refractivity contribution >= 4 is 15.9 Å². The zero-order chi connectivity index (χ0) is 8.27. The molecule has 2 unspecified atom stereocenters. The molecule has 0 heterocycles. The first-order chi connectivity index (χ1) is 5.18. The second kappa shape index (κ2) is 4.49. The van der Waals surface area contributed by atoms with E-state index >= 15 is 0 Å². The molecule has 0 N–H and O–H groups in total. The van der Waals surface area contributed by atoms with E-state index in [4.69, 9.17) is 0 Å². The van der Waals surface area contributed by atoms with Gasteiger partial charge in [-0.05, 0) is 43.9 Å². The van der Waals surface area contributed by atoms with Gasteiger partial charge in [-0.25, -0.2) is 0 Å². The molecule has 1 fully saturated rings. The van der Waals surface area contributed by atoms with Gasteiger partial charge < -0.3 is 0 Å². The maximum atomic E-state index is 3.73. The SMILES string of the molecule is CC1CCC(Br)CCC(C)C1. The molecule has 1 heteroatoms. The minimum absolute atomic E-state index is 0.799. The molecule has 0 aromatic heterocycles. The van der Waals surface area contributed by atoms with E-state index in [0.717, 1.165) is 16.7 Å². The zero-order valence-electron chi connectivity index (χ0n) is 7.65. The number of hydrogen-bond donors (Lipinski definition) is 0. The van der Waals surface area contributed by atoms with Crippen LogP contribution in [0.1, 0.15) is 46.0 Å². The Labute approximate surface area is 78.9 Å². The minimum Gasteiger partial charge on any atom is -0.0891 e. The fraction of sp³-hybridized carbons (Fsp3) is 1.00. The molecule has 0 amide bonds. The lowest BCUT2D eigenvalue weighted by Gasteiger charge is -2.23. The van der Waals surface area contributed by atoms with E-state index in [1.54, 1.807) is 0 Å². The van der Waals surface area contributed by atoms with Gasteiger partial charge in [0.05, 0.1) is 0 Å². The highest BCUT2D eigenvalue weighted by Crippen LogP contribution is 2.29. The minimum atomic E-state index is 0.799. The van der Waals surface area contributed by atoms with Gasteiger partial charge in [-0.2, -0.15) is 0 Å². The average molecular weight is 219 g/mol. The van der Waals surface area contributed by atoms with Crippen LogP contribution in [0.25, 0.3) is 0 Å². The van der Waals surface area contributed by atoms with Crippen molar-refractivity contribution in [3.05, 3.63) is 0 Å². The zero-order valence-corrected chi connectivity index (χ0v) is 9.23. The topological polar surface area (TPSA) is 0 Å². The standard InChI is InChI=1S/C10H19Br/c1-8-3-5-10(11)6-4-9(2)7-8/h8-10H,3-7H2,1-2H3. The third-order valence-corrected chi connectivity index (χ3v) is 3.67. The quantitative estimate of drug-likeness (QED) is 0.540. The largest absolute Gasteiger partial charge is 0.0891 e. The predicted molar refractivity (Wildman–Crippen MR) is 54.1 cm³/mol. The van der Waals surface area contributed by atoms with E-state index in [1.807, 2.05) is 0 Å². The summed E-state index contributed by atoms with van der Waals surface area (Å²) in [5, 5.41) is 0. The first-order valence-electron chi connectivity index (χ1n) is 4.82. The van der Waals surface area contributed by atoms with Crippen LogP contribution in [0.5, 0.6) is 0 Å². The molecular weight excluding hydrogens is 200 g/mol. The van der Waals surface area contributed by atoms with Crippen molar-refractivity contribution in [2.75, 3.05) is 0 Å². The molecule has 66 valence electrons. The second-order valence-corrected chi connectivity index (χ2v) is 5.49. The highest BCUT2D eigenvalue weighted by molar-refractivity contribution is 9.09. The Morgan fingerprint density at radius 2 is 1.36 bits per heavy atom. The summed E-state index contributed by atoms with van der Waals surface area (Å²) in [6.45, 7) is 4.78. The average Bonchev–Trinajstić information content (AvgIpc) is 1.95. The molecule has 1 aliphatic rings. The number of alkyl halides is 1. The van der Waals surface area contributed by atoms with Crippen LogP contribution in [0.2, 0.25) is 0 Å². The maximum Gasteiger partial charge on any atom is 0.0146 e. The van der Waals surface area contributed by atoms with Crippen LogP contribution in [-0.2, 0) is 0 Å². The summed E-state index contributed by atoms with van der Waals surface area (Å²) in [6.07, 6.45) is 7.04. The van der Waals surface area contributed by atoms with Crippen LogP contribution in [-0.4, -0.2) is 4.83 Å². The lowest BCUT2D eigenvalue weighted by atomic mass is 9.86. The van der Waals surface area contributed by atoms with Gasteiger partial charge in [0, 0.05) is 4.83 Å². The molecule has 0 nitrogen and oxygen atoms in total. The Morgan fingerprint density at radius 1 is 0.909 bits per heavy atom. The van der Waals surface area contributed by atoms with Gasteiger partial charge in [-0.3, -0.25) is 0 Å². The predicted octanol–water partition coefficient (Wildman–Crippen LogP) is 3.99. The highest BCUT2D eigenvalue weighted by Gasteiger charge is 2.16. The normalized spacial score (nSPS) is 41.2. The van der Waals surface area contributed by atoms with Gasteiger partial charge in [0.25, 0.3) is 0 Å². The van der Waals surface area contributed by atoms with Gasteiger partial charge in [0.1, 0.15) is 0 Å². The Hall–Kier alpha value is 0.480. The van der Waals surface area contributed by atoms with Gasteiger partial charge >= 0.3 is 0 Å². The number of rotatable bonds is 0. The number of hydrogen-bond acceptors (Lipinski definition) is 0. The molecule has 0 spiro atoms. The molecule has 1 saturated carbocycles. The summed E-state index contributed by atoms with van der Waals surface area (Å²) >= 11 is 3.73. The van der Waals surface area contributed by atoms with Crippen LogP contribution in [0.15, 0.2) is 0 Å². The van der Waals surface area contributed by atoms with Crippen molar-refractivity contribution in [2.45, 2.75) is 50.8 Å². The number of halogens is 1. The molecule has 1 aliphatic carbocycles. The molecule has 1 rings (SSSR count). The summed E-state index contributed by atoms with van der Waals surface area (Å²) in [5.41, 5.74) is 0. The first kappa shape index (κ1) is 9.57. The highest BCUT2D eigenvalue weighted by atomic mass is 79.9. The second-order valence-electron chi connectivity index (χ2n) is 4.20. The third-order valence-electron chi connectivity index (χ3n) is 2.75. The lowest BCUT2D eigenvalue weighted by molar-refractivity contribution is 0.335. The van der Waals surface area contributed by atoms with E-state index in [0.29, 0.717) is 0 Å². The summed E-state index contributed by atoms with van der Waals surface area (Å²) < 4.78 is 0. The third kappa shape index (κ3) is 3.59. The van der Waals surface area contributed by atoms with Gasteiger partial charge in [0.15, 0.2) is 0 Å². The fourth-order valence-electron chi connectivity index (χ4n) is 2.00. The van der Waals surface area contributed by atoms with Crippen LogP contribution >= 0.6 is 15.9 Å². The molecule has 11 heavy (non-hydrogen) atoms. The molecular formula is C10H19Br. The molecule has 0 saturated heterocycles. The first-order valence-corrected chi connectivity index (χ1v) is 5.74. The van der Waals surface area contributed by atoms with Crippen molar-refractivity contribution < 1.29 is 0 Å². The Morgan fingerprint density at radius 3 is 1.82 bits per heavy atom. The van der Waals surface area contributed by atoms with Crippen LogP contribution < -0.4 is 0 Å². The van der Waals surface area contributed by atoms with E-state index in [1.165, 1.54) is 32.1 Å². The lowest BCUT2D eigenvalue weighted by Crippen LogP contribution is -2.12. The molecule has 0 aromatic carbocycles. The van der Waals surface area contributed by atoms with E-state index in [9.17, 15) is 0 Å². The van der Waals surface area contributed by atoms with Crippen LogP contribution in [0.3, 0.4) is 0 Å². The summed E-state index contributed by atoms with van der Waals surface area (Å²) in [5.74, 6) is 1.90. The van der Waals surface area contributed by atoms with Crippen molar-refractivity contribution in [3.63, 3.8) is 0 Å². The monoisotopic (exact) mass is 218 g/mol. The fourth-order valence-corrected chi connectivity index (χ4v) is 2.53. The Balaban J connectivity index is 2.34. The summed E-state index contributed by atoms with van der Waals surface area (Å²) in [4.78, 5) is 0.799. The molecule has 0 bridgehead atoms. The van der Waals surface area contributed by atoms with Gasteiger partial charge in [-0.1, -0.05) is 29.8 Å². The van der Waals surface area contributed by atoms with Crippen LogP contribution in [0.4, 0.5) is 0 Å². The Bertz CT molecular complexity index is 99.4.